The third-order valence-corrected chi connectivity index (χ3v) is 7.24. The van der Waals surface area contributed by atoms with Crippen molar-refractivity contribution in [3.8, 4) is 0 Å². The molecular formula is C24H37N3O3. The third kappa shape index (κ3) is 4.73. The lowest BCUT2D eigenvalue weighted by Crippen LogP contribution is -2.46. The SMILES string of the molecule is CCOC(=O)[C@H]1CCCC[C@@H]1NC(=O)Cc1nn(C2CCCCC2)c2c1CCCC2. The van der Waals surface area contributed by atoms with Crippen LogP contribution in [0.2, 0.25) is 0 Å². The standard InChI is InChI=1S/C24H37N3O3/c1-2-30-24(29)19-13-6-8-14-20(19)25-23(28)16-21-18-12-7-9-15-22(18)27(26-21)17-10-4-3-5-11-17/h17,19-20H,2-16H2,1H3,(H,25,28)/t19-,20-/m0/s1. The van der Waals surface area contributed by atoms with E-state index in [9.17, 15) is 9.59 Å². The van der Waals surface area contributed by atoms with E-state index in [2.05, 4.69) is 10.00 Å². The van der Waals surface area contributed by atoms with Gasteiger partial charge in [0.15, 0.2) is 0 Å². The molecule has 166 valence electrons. The minimum Gasteiger partial charge on any atom is -0.466 e. The monoisotopic (exact) mass is 415 g/mol. The Morgan fingerprint density at radius 3 is 2.53 bits per heavy atom. The zero-order valence-electron chi connectivity index (χ0n) is 18.5. The van der Waals surface area contributed by atoms with E-state index in [0.29, 0.717) is 19.1 Å². The van der Waals surface area contributed by atoms with Crippen molar-refractivity contribution in [2.45, 2.75) is 109 Å². The molecule has 30 heavy (non-hydrogen) atoms. The lowest BCUT2D eigenvalue weighted by Gasteiger charge is -2.30. The Morgan fingerprint density at radius 1 is 1.00 bits per heavy atom. The highest BCUT2D eigenvalue weighted by Gasteiger charge is 2.34. The maximum absolute atomic E-state index is 13.0. The maximum Gasteiger partial charge on any atom is 0.311 e. The van der Waals surface area contributed by atoms with Crippen molar-refractivity contribution in [3.05, 3.63) is 17.0 Å². The number of hydrogen-bond donors (Lipinski definition) is 1. The highest BCUT2D eigenvalue weighted by Crippen LogP contribution is 2.33. The van der Waals surface area contributed by atoms with E-state index in [4.69, 9.17) is 9.84 Å². The molecule has 2 fully saturated rings. The number of esters is 1. The minimum atomic E-state index is -0.212. The van der Waals surface area contributed by atoms with Gasteiger partial charge in [-0.25, -0.2) is 0 Å². The van der Waals surface area contributed by atoms with Crippen molar-refractivity contribution >= 4 is 11.9 Å². The van der Waals surface area contributed by atoms with Gasteiger partial charge in [-0.05, 0) is 63.9 Å². The van der Waals surface area contributed by atoms with E-state index >= 15 is 0 Å². The quantitative estimate of drug-likeness (QED) is 0.712. The van der Waals surface area contributed by atoms with Crippen LogP contribution in [-0.2, 0) is 33.6 Å². The van der Waals surface area contributed by atoms with Crippen molar-refractivity contribution in [2.24, 2.45) is 5.92 Å². The average molecular weight is 416 g/mol. The molecule has 1 N–H and O–H groups in total. The van der Waals surface area contributed by atoms with Crippen LogP contribution in [0.3, 0.4) is 0 Å². The molecule has 4 rings (SSSR count). The zero-order valence-corrected chi connectivity index (χ0v) is 18.5. The number of carbonyl (C=O) groups is 2. The molecule has 0 radical (unpaired) electrons. The summed E-state index contributed by atoms with van der Waals surface area (Å²) in [4.78, 5) is 25.3. The number of hydrogen-bond acceptors (Lipinski definition) is 4. The normalized spacial score (nSPS) is 24.8. The first-order valence-electron chi connectivity index (χ1n) is 12.2. The lowest BCUT2D eigenvalue weighted by molar-refractivity contribution is -0.150. The van der Waals surface area contributed by atoms with Gasteiger partial charge in [0.1, 0.15) is 0 Å². The fourth-order valence-electron chi connectivity index (χ4n) is 5.72. The summed E-state index contributed by atoms with van der Waals surface area (Å²) in [6.45, 7) is 2.22. The molecule has 0 saturated heterocycles. The first kappa shape index (κ1) is 21.4. The molecule has 6 nitrogen and oxygen atoms in total. The van der Waals surface area contributed by atoms with Crippen LogP contribution in [0.1, 0.15) is 101 Å². The second-order valence-electron chi connectivity index (χ2n) is 9.31. The number of carbonyl (C=O) groups excluding carboxylic acids is 2. The van der Waals surface area contributed by atoms with E-state index in [1.165, 1.54) is 56.2 Å². The zero-order chi connectivity index (χ0) is 20.9. The molecular weight excluding hydrogens is 378 g/mol. The van der Waals surface area contributed by atoms with Crippen LogP contribution in [0.4, 0.5) is 0 Å². The summed E-state index contributed by atoms with van der Waals surface area (Å²) in [7, 11) is 0. The van der Waals surface area contributed by atoms with Crippen molar-refractivity contribution in [1.29, 1.82) is 0 Å². The number of fused-ring (bicyclic) bond motifs is 1. The molecule has 2 atom stereocenters. The van der Waals surface area contributed by atoms with Crippen molar-refractivity contribution in [3.63, 3.8) is 0 Å². The Labute approximate surface area is 180 Å². The van der Waals surface area contributed by atoms with Gasteiger partial charge in [-0.2, -0.15) is 5.10 Å². The number of nitrogens with one attached hydrogen (secondary N) is 1. The molecule has 2 saturated carbocycles. The number of aromatic nitrogens is 2. The van der Waals surface area contributed by atoms with Gasteiger partial charge in [0, 0.05) is 11.7 Å². The summed E-state index contributed by atoms with van der Waals surface area (Å²) >= 11 is 0. The van der Waals surface area contributed by atoms with Crippen LogP contribution in [-0.4, -0.2) is 34.3 Å². The predicted molar refractivity (Wildman–Crippen MR) is 115 cm³/mol. The van der Waals surface area contributed by atoms with E-state index in [1.54, 1.807) is 0 Å². The van der Waals surface area contributed by atoms with Crippen LogP contribution >= 0.6 is 0 Å². The highest BCUT2D eigenvalue weighted by atomic mass is 16.5. The summed E-state index contributed by atoms with van der Waals surface area (Å²) in [6, 6.07) is 0.399. The van der Waals surface area contributed by atoms with Gasteiger partial charge in [0.05, 0.1) is 30.7 Å². The topological polar surface area (TPSA) is 73.2 Å². The van der Waals surface area contributed by atoms with Crippen LogP contribution in [0.25, 0.3) is 0 Å². The summed E-state index contributed by atoms with van der Waals surface area (Å²) in [6.07, 6.45) is 14.9. The Balaban J connectivity index is 1.46. The Bertz CT molecular complexity index is 751. The van der Waals surface area contributed by atoms with Crippen molar-refractivity contribution < 1.29 is 14.3 Å². The van der Waals surface area contributed by atoms with Crippen LogP contribution in [0.5, 0.6) is 0 Å². The van der Waals surface area contributed by atoms with Gasteiger partial charge < -0.3 is 10.1 Å². The molecule has 3 aliphatic carbocycles. The fraction of sp³-hybridized carbons (Fsp3) is 0.792. The molecule has 0 aromatic carbocycles. The van der Waals surface area contributed by atoms with Crippen LogP contribution < -0.4 is 5.32 Å². The van der Waals surface area contributed by atoms with E-state index < -0.39 is 0 Å². The van der Waals surface area contributed by atoms with Crippen LogP contribution in [0.15, 0.2) is 0 Å². The van der Waals surface area contributed by atoms with Gasteiger partial charge >= 0.3 is 5.97 Å². The second-order valence-corrected chi connectivity index (χ2v) is 9.31. The number of nitrogens with zero attached hydrogens (tertiary/aromatic N) is 2. The third-order valence-electron chi connectivity index (χ3n) is 7.24. The van der Waals surface area contributed by atoms with Gasteiger partial charge in [-0.15, -0.1) is 0 Å². The van der Waals surface area contributed by atoms with E-state index in [1.807, 2.05) is 6.92 Å². The maximum atomic E-state index is 13.0. The predicted octanol–water partition coefficient (Wildman–Crippen LogP) is 4.05. The molecule has 3 aliphatic rings. The molecule has 1 amide bonds. The van der Waals surface area contributed by atoms with Crippen LogP contribution in [0, 0.1) is 5.92 Å². The summed E-state index contributed by atoms with van der Waals surface area (Å²) < 4.78 is 7.54. The van der Waals surface area contributed by atoms with Gasteiger partial charge in [-0.1, -0.05) is 32.1 Å². The molecule has 6 heteroatoms. The van der Waals surface area contributed by atoms with Gasteiger partial charge in [0.2, 0.25) is 5.91 Å². The van der Waals surface area contributed by atoms with Crippen molar-refractivity contribution in [2.75, 3.05) is 6.61 Å². The first-order valence-corrected chi connectivity index (χ1v) is 12.2. The van der Waals surface area contributed by atoms with Crippen molar-refractivity contribution in [1.82, 2.24) is 15.1 Å². The van der Waals surface area contributed by atoms with Gasteiger partial charge in [0.25, 0.3) is 0 Å². The molecule has 0 aliphatic heterocycles. The Kier molecular flexibility index (Phi) is 7.11. The van der Waals surface area contributed by atoms with E-state index in [0.717, 1.165) is 44.2 Å². The number of rotatable bonds is 6. The molecule has 0 bridgehead atoms. The molecule has 1 heterocycles. The largest absolute Gasteiger partial charge is 0.466 e. The molecule has 0 spiro atoms. The minimum absolute atomic E-state index is 0.00198. The molecule has 1 aromatic heterocycles. The Hall–Kier alpha value is -1.85. The highest BCUT2D eigenvalue weighted by molar-refractivity contribution is 5.80. The van der Waals surface area contributed by atoms with E-state index in [-0.39, 0.29) is 23.8 Å². The summed E-state index contributed by atoms with van der Waals surface area (Å²) in [5, 5.41) is 8.16. The smallest absolute Gasteiger partial charge is 0.311 e. The molecule has 1 aromatic rings. The lowest BCUT2D eigenvalue weighted by atomic mass is 9.84. The first-order chi connectivity index (χ1) is 14.7. The second kappa shape index (κ2) is 9.97. The number of ether oxygens (including phenoxy) is 1. The Morgan fingerprint density at radius 2 is 1.73 bits per heavy atom. The fourth-order valence-corrected chi connectivity index (χ4v) is 5.72. The number of amides is 1. The van der Waals surface area contributed by atoms with Gasteiger partial charge in [-0.3, -0.25) is 14.3 Å². The summed E-state index contributed by atoms with van der Waals surface area (Å²) in [5.74, 6) is -0.379. The summed E-state index contributed by atoms with van der Waals surface area (Å²) in [5.41, 5.74) is 3.68. The average Bonchev–Trinajstić information content (AvgIpc) is 3.13. The molecule has 0 unspecified atom stereocenters.